The quantitative estimate of drug-likeness (QED) is 0.688. The molecule has 0 fully saturated rings. The van der Waals surface area contributed by atoms with Crippen LogP contribution in [0.4, 0.5) is 5.69 Å². The van der Waals surface area contributed by atoms with Crippen molar-refractivity contribution in [3.05, 3.63) is 72.2 Å². The van der Waals surface area contributed by atoms with Crippen LogP contribution in [0, 0.1) is 6.92 Å². The van der Waals surface area contributed by atoms with E-state index in [4.69, 9.17) is 0 Å². The number of nitrogens with one attached hydrogen (secondary N) is 1. The van der Waals surface area contributed by atoms with Gasteiger partial charge in [0.1, 0.15) is 0 Å². The molecule has 1 aromatic heterocycles. The van der Waals surface area contributed by atoms with E-state index in [0.29, 0.717) is 23.7 Å². The summed E-state index contributed by atoms with van der Waals surface area (Å²) in [6.07, 6.45) is 0.855. The third kappa shape index (κ3) is 3.06. The van der Waals surface area contributed by atoms with Gasteiger partial charge in [0, 0.05) is 11.4 Å². The molecule has 2 aromatic carbocycles. The first-order valence-corrected chi connectivity index (χ1v) is 9.07. The molecule has 0 unspecified atom stereocenters. The van der Waals surface area contributed by atoms with Gasteiger partial charge in [-0.2, -0.15) is 0 Å². The normalized spacial score (nSPS) is 11.3. The van der Waals surface area contributed by atoms with E-state index in [9.17, 15) is 9.59 Å². The maximum Gasteiger partial charge on any atom is 0.250 e. The summed E-state index contributed by atoms with van der Waals surface area (Å²) >= 11 is 1.72. The maximum absolute atomic E-state index is 12.0. The second-order valence-corrected chi connectivity index (χ2v) is 7.39. The Balaban J connectivity index is 1.76. The summed E-state index contributed by atoms with van der Waals surface area (Å²) in [5.74, 6) is 0.443. The van der Waals surface area contributed by atoms with Crippen LogP contribution in [0.15, 0.2) is 45.3 Å². The lowest BCUT2D eigenvalue weighted by molar-refractivity contribution is 0.867. The van der Waals surface area contributed by atoms with Gasteiger partial charge in [-0.25, -0.2) is 0 Å². The van der Waals surface area contributed by atoms with Crippen LogP contribution >= 0.6 is 11.3 Å². The Hall–Kier alpha value is -2.20. The average Bonchev–Trinajstić information content (AvgIpc) is 2.99. The van der Waals surface area contributed by atoms with Crippen molar-refractivity contribution in [1.82, 2.24) is 0 Å². The largest absolute Gasteiger partial charge is 0.381 e. The summed E-state index contributed by atoms with van der Waals surface area (Å²) in [6.45, 7) is 7.01. The van der Waals surface area contributed by atoms with E-state index < -0.39 is 5.43 Å². The molecule has 0 aliphatic rings. The van der Waals surface area contributed by atoms with E-state index >= 15 is 0 Å². The molecule has 4 heteroatoms. The van der Waals surface area contributed by atoms with E-state index in [1.54, 1.807) is 11.3 Å². The minimum atomic E-state index is -0.402. The van der Waals surface area contributed by atoms with E-state index in [-0.39, 0.29) is 5.43 Å². The SMILES string of the molecule is Cc1ccsc1CCNc1c(-c2ccc(C(C)C)cc2)c(=O)c1=O. The van der Waals surface area contributed by atoms with Crippen molar-refractivity contribution in [3.8, 4) is 11.1 Å². The van der Waals surface area contributed by atoms with Gasteiger partial charge in [-0.15, -0.1) is 11.3 Å². The lowest BCUT2D eigenvalue weighted by Gasteiger charge is -2.14. The highest BCUT2D eigenvalue weighted by molar-refractivity contribution is 7.10. The lowest BCUT2D eigenvalue weighted by atomic mass is 9.95. The molecule has 3 nitrogen and oxygen atoms in total. The van der Waals surface area contributed by atoms with Gasteiger partial charge in [0.2, 0.25) is 10.9 Å². The van der Waals surface area contributed by atoms with Crippen molar-refractivity contribution in [2.75, 3.05) is 11.9 Å². The van der Waals surface area contributed by atoms with E-state index in [1.165, 1.54) is 16.0 Å². The third-order valence-corrected chi connectivity index (χ3v) is 5.48. The van der Waals surface area contributed by atoms with Crippen molar-refractivity contribution in [1.29, 1.82) is 0 Å². The van der Waals surface area contributed by atoms with Gasteiger partial charge in [-0.3, -0.25) is 9.59 Å². The van der Waals surface area contributed by atoms with Gasteiger partial charge in [-0.05, 0) is 47.4 Å². The molecule has 3 aromatic rings. The lowest BCUT2D eigenvalue weighted by Crippen LogP contribution is -2.36. The van der Waals surface area contributed by atoms with E-state index in [2.05, 4.69) is 37.5 Å². The molecule has 24 heavy (non-hydrogen) atoms. The van der Waals surface area contributed by atoms with Crippen molar-refractivity contribution >= 4 is 17.0 Å². The fourth-order valence-electron chi connectivity index (χ4n) is 2.83. The summed E-state index contributed by atoms with van der Waals surface area (Å²) in [6, 6.07) is 10.0. The number of rotatable bonds is 6. The van der Waals surface area contributed by atoms with Gasteiger partial charge in [0.05, 0.1) is 11.3 Å². The zero-order valence-electron chi connectivity index (χ0n) is 14.2. The first-order chi connectivity index (χ1) is 11.5. The predicted octanol–water partition coefficient (Wildman–Crippen LogP) is 4.10. The summed E-state index contributed by atoms with van der Waals surface area (Å²) in [7, 11) is 0. The average molecular weight is 339 g/mol. The first kappa shape index (κ1) is 16.7. The predicted molar refractivity (Wildman–Crippen MR) is 102 cm³/mol. The molecular formula is C20H21NO2S. The second kappa shape index (κ2) is 6.73. The topological polar surface area (TPSA) is 46.2 Å². The zero-order chi connectivity index (χ0) is 17.3. The summed E-state index contributed by atoms with van der Waals surface area (Å²) < 4.78 is 0. The fraction of sp³-hybridized carbons (Fsp3) is 0.300. The molecule has 1 N–H and O–H groups in total. The van der Waals surface area contributed by atoms with Gasteiger partial charge in [0.15, 0.2) is 0 Å². The highest BCUT2D eigenvalue weighted by Crippen LogP contribution is 2.26. The number of anilines is 1. The van der Waals surface area contributed by atoms with E-state index in [1.807, 2.05) is 24.3 Å². The van der Waals surface area contributed by atoms with Gasteiger partial charge < -0.3 is 5.32 Å². The molecule has 0 aliphatic carbocycles. The Labute approximate surface area is 145 Å². The smallest absolute Gasteiger partial charge is 0.250 e. The van der Waals surface area contributed by atoms with Crippen LogP contribution in [0.3, 0.4) is 0 Å². The molecule has 124 valence electrons. The second-order valence-electron chi connectivity index (χ2n) is 6.39. The van der Waals surface area contributed by atoms with Crippen molar-refractivity contribution in [2.45, 2.75) is 33.1 Å². The summed E-state index contributed by atoms with van der Waals surface area (Å²) in [5.41, 5.74) is 3.52. The fourth-order valence-corrected chi connectivity index (χ4v) is 3.74. The molecular weight excluding hydrogens is 318 g/mol. The Kier molecular flexibility index (Phi) is 4.67. The van der Waals surface area contributed by atoms with Crippen LogP contribution in [0.1, 0.15) is 35.8 Å². The number of benzene rings is 1. The van der Waals surface area contributed by atoms with Crippen LogP contribution in [0.5, 0.6) is 0 Å². The van der Waals surface area contributed by atoms with Crippen LogP contribution < -0.4 is 16.2 Å². The Morgan fingerprint density at radius 3 is 2.33 bits per heavy atom. The molecule has 1 heterocycles. The van der Waals surface area contributed by atoms with Gasteiger partial charge in [-0.1, -0.05) is 38.1 Å². The highest BCUT2D eigenvalue weighted by atomic mass is 32.1. The molecule has 0 amide bonds. The zero-order valence-corrected chi connectivity index (χ0v) is 15.0. The van der Waals surface area contributed by atoms with Crippen LogP contribution in [-0.2, 0) is 6.42 Å². The minimum Gasteiger partial charge on any atom is -0.381 e. The van der Waals surface area contributed by atoms with Crippen molar-refractivity contribution in [3.63, 3.8) is 0 Å². The molecule has 0 radical (unpaired) electrons. The molecule has 0 atom stereocenters. The van der Waals surface area contributed by atoms with Crippen LogP contribution in [0.2, 0.25) is 0 Å². The summed E-state index contributed by atoms with van der Waals surface area (Å²) in [4.78, 5) is 25.2. The summed E-state index contributed by atoms with van der Waals surface area (Å²) in [5, 5.41) is 5.24. The number of hydrogen-bond acceptors (Lipinski definition) is 4. The van der Waals surface area contributed by atoms with Gasteiger partial charge >= 0.3 is 0 Å². The standard InChI is InChI=1S/C20H21NO2S/c1-12(2)14-4-6-15(7-5-14)17-18(20(23)19(17)22)21-10-8-16-13(3)9-11-24-16/h4-7,9,11-12,21H,8,10H2,1-3H3. The molecule has 0 saturated heterocycles. The molecule has 3 rings (SSSR count). The number of hydrogen-bond donors (Lipinski definition) is 1. The van der Waals surface area contributed by atoms with Crippen LogP contribution in [0.25, 0.3) is 11.1 Å². The molecule has 0 bridgehead atoms. The van der Waals surface area contributed by atoms with Crippen molar-refractivity contribution < 1.29 is 0 Å². The van der Waals surface area contributed by atoms with E-state index in [0.717, 1.165) is 12.0 Å². The first-order valence-electron chi connectivity index (χ1n) is 8.19. The number of thiophene rings is 1. The number of aryl methyl sites for hydroxylation is 1. The minimum absolute atomic E-state index is 0.387. The Bertz CT molecular complexity index is 912. The van der Waals surface area contributed by atoms with Crippen LogP contribution in [-0.4, -0.2) is 6.54 Å². The molecule has 0 spiro atoms. The maximum atomic E-state index is 12.0. The third-order valence-electron chi connectivity index (χ3n) is 4.40. The van der Waals surface area contributed by atoms with Crippen molar-refractivity contribution in [2.24, 2.45) is 0 Å². The monoisotopic (exact) mass is 339 g/mol. The Morgan fingerprint density at radius 1 is 1.04 bits per heavy atom. The van der Waals surface area contributed by atoms with Gasteiger partial charge in [0.25, 0.3) is 0 Å². The molecule has 0 saturated carbocycles. The highest BCUT2D eigenvalue weighted by Gasteiger charge is 2.22. The molecule has 0 aliphatic heterocycles. The Morgan fingerprint density at radius 2 is 1.75 bits per heavy atom.